The maximum Gasteiger partial charge on any atom is 0.408 e. The first-order valence-electron chi connectivity index (χ1n) is 10.6. The molecule has 180 valence electrons. The van der Waals surface area contributed by atoms with Crippen LogP contribution in [-0.4, -0.2) is 54.1 Å². The highest BCUT2D eigenvalue weighted by molar-refractivity contribution is 5.92. The van der Waals surface area contributed by atoms with Crippen LogP contribution in [0.25, 0.3) is 0 Å². The van der Waals surface area contributed by atoms with Crippen molar-refractivity contribution in [3.05, 3.63) is 34.9 Å². The van der Waals surface area contributed by atoms with Gasteiger partial charge in [-0.15, -0.1) is 0 Å². The van der Waals surface area contributed by atoms with Crippen LogP contribution >= 0.6 is 0 Å². The van der Waals surface area contributed by atoms with Crippen molar-refractivity contribution in [3.8, 4) is 12.5 Å². The van der Waals surface area contributed by atoms with Gasteiger partial charge in [0.1, 0.15) is 18.2 Å². The number of carbonyl (C=O) groups is 4. The van der Waals surface area contributed by atoms with Gasteiger partial charge < -0.3 is 20.1 Å². The number of carbonyl (C=O) groups excluding carboxylic acids is 4. The van der Waals surface area contributed by atoms with Gasteiger partial charge in [-0.1, -0.05) is 30.2 Å². The molecule has 0 aliphatic heterocycles. The van der Waals surface area contributed by atoms with Gasteiger partial charge in [-0.3, -0.25) is 19.3 Å². The van der Waals surface area contributed by atoms with Crippen LogP contribution in [0.15, 0.2) is 18.2 Å². The monoisotopic (exact) mass is 459 g/mol. The summed E-state index contributed by atoms with van der Waals surface area (Å²) in [6.07, 6.45) is 4.80. The molecule has 0 heterocycles. The number of nitrogens with one attached hydrogen (secondary N) is 2. The Kier molecular flexibility index (Phi) is 10.4. The van der Waals surface area contributed by atoms with Crippen LogP contribution in [-0.2, 0) is 23.9 Å². The van der Waals surface area contributed by atoms with Crippen molar-refractivity contribution in [2.75, 3.05) is 19.7 Å². The van der Waals surface area contributed by atoms with Crippen molar-refractivity contribution in [2.45, 2.75) is 59.6 Å². The number of esters is 1. The van der Waals surface area contributed by atoms with E-state index in [0.717, 1.165) is 16.0 Å². The molecule has 0 radical (unpaired) electrons. The Morgan fingerprint density at radius 3 is 2.36 bits per heavy atom. The number of benzene rings is 1. The summed E-state index contributed by atoms with van der Waals surface area (Å²) >= 11 is 0. The van der Waals surface area contributed by atoms with Gasteiger partial charge in [0.2, 0.25) is 5.91 Å². The van der Waals surface area contributed by atoms with Crippen LogP contribution in [0.4, 0.5) is 4.79 Å². The van der Waals surface area contributed by atoms with Crippen molar-refractivity contribution in [2.24, 2.45) is 0 Å². The van der Waals surface area contributed by atoms with Crippen LogP contribution in [0.5, 0.6) is 0 Å². The zero-order valence-electron chi connectivity index (χ0n) is 20.1. The van der Waals surface area contributed by atoms with E-state index in [0.29, 0.717) is 5.56 Å². The van der Waals surface area contributed by atoms with E-state index in [1.165, 1.54) is 0 Å². The molecule has 9 heteroatoms. The molecule has 1 aromatic carbocycles. The summed E-state index contributed by atoms with van der Waals surface area (Å²) in [5.74, 6) is -1.68. The molecular weight excluding hydrogens is 426 g/mol. The van der Waals surface area contributed by atoms with E-state index in [1.54, 1.807) is 46.8 Å². The fourth-order valence-corrected chi connectivity index (χ4v) is 2.99. The molecule has 1 aromatic rings. The van der Waals surface area contributed by atoms with Gasteiger partial charge in [0.05, 0.1) is 13.0 Å². The number of aryl methyl sites for hydroxylation is 2. The summed E-state index contributed by atoms with van der Waals surface area (Å²) < 4.78 is 9.98. The van der Waals surface area contributed by atoms with Crippen LogP contribution in [0, 0.1) is 26.3 Å². The highest BCUT2D eigenvalue weighted by atomic mass is 16.6. The predicted octanol–water partition coefficient (Wildman–Crippen LogP) is 2.36. The Bertz CT molecular complexity index is 914. The molecule has 33 heavy (non-hydrogen) atoms. The van der Waals surface area contributed by atoms with Gasteiger partial charge in [0.25, 0.3) is 5.91 Å². The van der Waals surface area contributed by atoms with E-state index >= 15 is 0 Å². The maximum atomic E-state index is 13.1. The second kappa shape index (κ2) is 12.5. The molecule has 0 saturated heterocycles. The average molecular weight is 460 g/mol. The lowest BCUT2D eigenvalue weighted by Crippen LogP contribution is -2.46. The van der Waals surface area contributed by atoms with Gasteiger partial charge in [0.15, 0.2) is 0 Å². The molecule has 1 unspecified atom stereocenters. The molecule has 0 aliphatic rings. The molecule has 9 nitrogen and oxygen atoms in total. The Labute approximate surface area is 195 Å². The lowest BCUT2D eigenvalue weighted by atomic mass is 9.97. The molecule has 1 atom stereocenters. The smallest absolute Gasteiger partial charge is 0.408 e. The molecule has 2 N–H and O–H groups in total. The molecule has 0 aromatic heterocycles. The van der Waals surface area contributed by atoms with E-state index in [-0.39, 0.29) is 19.6 Å². The SMILES string of the molecule is C#CN(C(=O)CNC(=O)OC(C)(C)C)C(C(=O)NCCC(=O)OCC)c1ccc(C)cc1C. The predicted molar refractivity (Wildman–Crippen MR) is 123 cm³/mol. The van der Waals surface area contributed by atoms with Crippen molar-refractivity contribution in [3.63, 3.8) is 0 Å². The standard InChI is InChI=1S/C24H33N3O6/c1-8-27(19(28)15-26-23(31)33-24(5,6)7)21(18-11-10-16(3)14-17(18)4)22(30)25-13-12-20(29)32-9-2/h1,10-11,14,21H,9,12-13,15H2,2-7H3,(H,25,30)(H,26,31). The Morgan fingerprint density at radius 1 is 1.15 bits per heavy atom. The number of hydrogen-bond donors (Lipinski definition) is 2. The van der Waals surface area contributed by atoms with Gasteiger partial charge >= 0.3 is 12.1 Å². The van der Waals surface area contributed by atoms with Crippen molar-refractivity contribution < 1.29 is 28.7 Å². The maximum absolute atomic E-state index is 13.1. The van der Waals surface area contributed by atoms with E-state index in [9.17, 15) is 19.2 Å². The highest BCUT2D eigenvalue weighted by Gasteiger charge is 2.32. The van der Waals surface area contributed by atoms with Gasteiger partial charge in [0, 0.05) is 12.6 Å². The number of nitrogens with zero attached hydrogens (tertiary/aromatic N) is 1. The summed E-state index contributed by atoms with van der Waals surface area (Å²) in [5.41, 5.74) is 1.52. The Hall–Kier alpha value is -3.54. The topological polar surface area (TPSA) is 114 Å². The van der Waals surface area contributed by atoms with E-state index < -0.39 is 42.1 Å². The number of amides is 3. The zero-order valence-corrected chi connectivity index (χ0v) is 20.1. The van der Waals surface area contributed by atoms with Crippen LogP contribution in [0.3, 0.4) is 0 Å². The summed E-state index contributed by atoms with van der Waals surface area (Å²) in [4.78, 5) is 50.4. The third-order valence-corrected chi connectivity index (χ3v) is 4.35. The van der Waals surface area contributed by atoms with Crippen molar-refractivity contribution in [1.82, 2.24) is 15.5 Å². The van der Waals surface area contributed by atoms with E-state index in [4.69, 9.17) is 15.9 Å². The molecule has 1 rings (SSSR count). The van der Waals surface area contributed by atoms with E-state index in [1.807, 2.05) is 13.0 Å². The fourth-order valence-electron chi connectivity index (χ4n) is 2.99. The van der Waals surface area contributed by atoms with Crippen LogP contribution in [0.2, 0.25) is 0 Å². The van der Waals surface area contributed by atoms with Gasteiger partial charge in [-0.05, 0) is 52.7 Å². The number of ether oxygens (including phenoxy) is 2. The van der Waals surface area contributed by atoms with Crippen LogP contribution < -0.4 is 10.6 Å². The number of alkyl carbamates (subject to hydrolysis) is 1. The molecule has 0 spiro atoms. The first-order valence-corrected chi connectivity index (χ1v) is 10.6. The largest absolute Gasteiger partial charge is 0.466 e. The van der Waals surface area contributed by atoms with Gasteiger partial charge in [-0.25, -0.2) is 4.79 Å². The number of hydrogen-bond acceptors (Lipinski definition) is 6. The number of terminal acetylenes is 1. The lowest BCUT2D eigenvalue weighted by Gasteiger charge is -2.28. The van der Waals surface area contributed by atoms with Gasteiger partial charge in [-0.2, -0.15) is 0 Å². The Balaban J connectivity index is 3.08. The summed E-state index contributed by atoms with van der Waals surface area (Å²) in [6, 6.07) is 6.49. The first kappa shape index (κ1) is 27.5. The number of rotatable bonds is 9. The van der Waals surface area contributed by atoms with Crippen molar-refractivity contribution in [1.29, 1.82) is 0 Å². The molecule has 0 aliphatic carbocycles. The third-order valence-electron chi connectivity index (χ3n) is 4.35. The van der Waals surface area contributed by atoms with Crippen molar-refractivity contribution >= 4 is 23.9 Å². The molecule has 0 saturated carbocycles. The summed E-state index contributed by atoms with van der Waals surface area (Å²) in [5, 5.41) is 4.99. The Morgan fingerprint density at radius 2 is 1.82 bits per heavy atom. The summed E-state index contributed by atoms with van der Waals surface area (Å²) in [7, 11) is 0. The highest BCUT2D eigenvalue weighted by Crippen LogP contribution is 2.25. The molecular formula is C24H33N3O6. The molecule has 0 bridgehead atoms. The second-order valence-corrected chi connectivity index (χ2v) is 8.36. The van der Waals surface area contributed by atoms with E-state index in [2.05, 4.69) is 16.7 Å². The first-order chi connectivity index (χ1) is 15.4. The lowest BCUT2D eigenvalue weighted by molar-refractivity contribution is -0.143. The molecule has 0 fully saturated rings. The minimum absolute atomic E-state index is 0.0157. The quantitative estimate of drug-likeness (QED) is 0.333. The second-order valence-electron chi connectivity index (χ2n) is 8.36. The molecule has 3 amide bonds. The fraction of sp³-hybridized carbons (Fsp3) is 0.500. The average Bonchev–Trinajstić information content (AvgIpc) is 2.69. The minimum Gasteiger partial charge on any atom is -0.466 e. The summed E-state index contributed by atoms with van der Waals surface area (Å²) in [6.45, 7) is 10.3. The third kappa shape index (κ3) is 9.23. The van der Waals surface area contributed by atoms with Crippen LogP contribution in [0.1, 0.15) is 56.8 Å². The minimum atomic E-state index is -1.16. The zero-order chi connectivity index (χ0) is 25.2. The normalized spacial score (nSPS) is 11.5.